The Hall–Kier alpha value is -0.990. The van der Waals surface area contributed by atoms with E-state index in [1.54, 1.807) is 6.92 Å². The monoisotopic (exact) mass is 337 g/mol. The summed E-state index contributed by atoms with van der Waals surface area (Å²) in [5.74, 6) is -0.764. The molecule has 1 heterocycles. The van der Waals surface area contributed by atoms with E-state index >= 15 is 0 Å². The SMILES string of the molecule is Cc1cnc(OC(C(F)(F)F)C(F)(F)F)c(Br)c1. The number of pyridine rings is 1. The smallest absolute Gasteiger partial charge is 0.434 e. The number of halogens is 7. The molecule has 0 aliphatic carbocycles. The lowest BCUT2D eigenvalue weighted by atomic mass is 10.3. The molecular formula is C9H6BrF6NO. The van der Waals surface area contributed by atoms with Crippen LogP contribution in [0.4, 0.5) is 26.3 Å². The van der Waals surface area contributed by atoms with Gasteiger partial charge < -0.3 is 4.74 Å². The van der Waals surface area contributed by atoms with Crippen LogP contribution in [0.2, 0.25) is 0 Å². The van der Waals surface area contributed by atoms with Crippen LogP contribution >= 0.6 is 15.9 Å². The van der Waals surface area contributed by atoms with Crippen molar-refractivity contribution in [3.63, 3.8) is 0 Å². The van der Waals surface area contributed by atoms with Gasteiger partial charge in [-0.25, -0.2) is 4.98 Å². The average Bonchev–Trinajstić information content (AvgIpc) is 2.12. The number of aryl methyl sites for hydroxylation is 1. The molecule has 9 heteroatoms. The lowest BCUT2D eigenvalue weighted by Crippen LogP contribution is -2.46. The number of ether oxygens (including phenoxy) is 1. The molecule has 0 bridgehead atoms. The third-order valence-electron chi connectivity index (χ3n) is 1.77. The molecule has 0 aromatic carbocycles. The molecule has 0 aliphatic heterocycles. The minimum absolute atomic E-state index is 0.0824. The van der Waals surface area contributed by atoms with Crippen LogP contribution in [0.5, 0.6) is 5.88 Å². The summed E-state index contributed by atoms with van der Waals surface area (Å²) in [5, 5.41) is 0. The zero-order chi connectivity index (χ0) is 14.1. The first kappa shape index (κ1) is 15.1. The molecule has 0 spiro atoms. The predicted molar refractivity (Wildman–Crippen MR) is 53.2 cm³/mol. The van der Waals surface area contributed by atoms with Crippen LogP contribution in [0.15, 0.2) is 16.7 Å². The highest BCUT2D eigenvalue weighted by molar-refractivity contribution is 9.10. The second-order valence-corrected chi connectivity index (χ2v) is 4.24. The first-order valence-corrected chi connectivity index (χ1v) is 5.23. The fraction of sp³-hybridized carbons (Fsp3) is 0.444. The van der Waals surface area contributed by atoms with Crippen molar-refractivity contribution >= 4 is 15.9 Å². The third kappa shape index (κ3) is 3.76. The van der Waals surface area contributed by atoms with Gasteiger partial charge in [-0.1, -0.05) is 0 Å². The fourth-order valence-electron chi connectivity index (χ4n) is 1.04. The topological polar surface area (TPSA) is 22.1 Å². The lowest BCUT2D eigenvalue weighted by Gasteiger charge is -2.23. The molecule has 0 radical (unpaired) electrons. The fourth-order valence-corrected chi connectivity index (χ4v) is 1.60. The summed E-state index contributed by atoms with van der Waals surface area (Å²) < 4.78 is 77.2. The van der Waals surface area contributed by atoms with Crippen molar-refractivity contribution in [2.45, 2.75) is 25.4 Å². The van der Waals surface area contributed by atoms with Gasteiger partial charge in [0.25, 0.3) is 6.10 Å². The van der Waals surface area contributed by atoms with Crippen molar-refractivity contribution in [3.8, 4) is 5.88 Å². The van der Waals surface area contributed by atoms with Gasteiger partial charge in [-0.2, -0.15) is 26.3 Å². The number of alkyl halides is 6. The first-order chi connectivity index (χ1) is 8.01. The Labute approximate surface area is 106 Å². The summed E-state index contributed by atoms with van der Waals surface area (Å²) in [7, 11) is 0. The van der Waals surface area contributed by atoms with E-state index in [4.69, 9.17) is 0 Å². The van der Waals surface area contributed by atoms with Crippen LogP contribution in [0.1, 0.15) is 5.56 Å². The summed E-state index contributed by atoms with van der Waals surface area (Å²) in [6, 6.07) is 1.30. The largest absolute Gasteiger partial charge is 0.454 e. The van der Waals surface area contributed by atoms with Crippen LogP contribution in [0.3, 0.4) is 0 Å². The van der Waals surface area contributed by atoms with Crippen molar-refractivity contribution < 1.29 is 31.1 Å². The van der Waals surface area contributed by atoms with Crippen LogP contribution in [0, 0.1) is 6.92 Å². The van der Waals surface area contributed by atoms with Crippen LogP contribution in [-0.2, 0) is 0 Å². The predicted octanol–water partition coefficient (Wildman–Crippen LogP) is 4.02. The van der Waals surface area contributed by atoms with Gasteiger partial charge >= 0.3 is 12.4 Å². The molecule has 0 fully saturated rings. The van der Waals surface area contributed by atoms with Crippen LogP contribution in [-0.4, -0.2) is 23.4 Å². The molecule has 102 valence electrons. The highest BCUT2D eigenvalue weighted by Crippen LogP contribution is 2.37. The molecule has 0 N–H and O–H groups in total. The average molecular weight is 338 g/mol. The van der Waals surface area contributed by atoms with E-state index in [-0.39, 0.29) is 4.47 Å². The normalized spacial score (nSPS) is 12.9. The summed E-state index contributed by atoms with van der Waals surface area (Å²) in [5.41, 5.74) is 0.560. The minimum Gasteiger partial charge on any atom is -0.454 e. The number of nitrogens with zero attached hydrogens (tertiary/aromatic N) is 1. The summed E-state index contributed by atoms with van der Waals surface area (Å²) in [6.07, 6.45) is -13.9. The van der Waals surface area contributed by atoms with Crippen molar-refractivity contribution in [1.29, 1.82) is 0 Å². The van der Waals surface area contributed by atoms with Crippen LogP contribution in [0.25, 0.3) is 0 Å². The third-order valence-corrected chi connectivity index (χ3v) is 2.34. The van der Waals surface area contributed by atoms with E-state index in [9.17, 15) is 26.3 Å². The van der Waals surface area contributed by atoms with Crippen molar-refractivity contribution in [1.82, 2.24) is 4.98 Å². The molecule has 0 aliphatic rings. The van der Waals surface area contributed by atoms with Gasteiger partial charge in [0.05, 0.1) is 4.47 Å². The number of rotatable bonds is 2. The maximum Gasteiger partial charge on any atom is 0.434 e. The Kier molecular flexibility index (Phi) is 4.14. The number of hydrogen-bond acceptors (Lipinski definition) is 2. The van der Waals surface area contributed by atoms with Crippen molar-refractivity contribution in [2.75, 3.05) is 0 Å². The van der Waals surface area contributed by atoms with E-state index in [0.717, 1.165) is 6.20 Å². The van der Waals surface area contributed by atoms with Crippen molar-refractivity contribution in [3.05, 3.63) is 22.3 Å². The lowest BCUT2D eigenvalue weighted by molar-refractivity contribution is -0.300. The summed E-state index contributed by atoms with van der Waals surface area (Å²) >= 11 is 2.79. The Bertz CT molecular complexity index is 416. The molecular weight excluding hydrogens is 332 g/mol. The van der Waals surface area contributed by atoms with Gasteiger partial charge in [0, 0.05) is 6.20 Å². The highest BCUT2D eigenvalue weighted by Gasteiger charge is 2.59. The molecule has 0 saturated carbocycles. The van der Waals surface area contributed by atoms with Gasteiger partial charge in [0.15, 0.2) is 0 Å². The molecule has 0 saturated heterocycles. The second kappa shape index (κ2) is 4.94. The Morgan fingerprint density at radius 1 is 1.17 bits per heavy atom. The van der Waals surface area contributed by atoms with Gasteiger partial charge in [-0.05, 0) is 34.5 Å². The zero-order valence-corrected chi connectivity index (χ0v) is 10.3. The molecule has 0 unspecified atom stereocenters. The molecule has 1 aromatic rings. The van der Waals surface area contributed by atoms with E-state index < -0.39 is 24.3 Å². The summed E-state index contributed by atoms with van der Waals surface area (Å²) in [6.45, 7) is 1.58. The molecule has 0 amide bonds. The first-order valence-electron chi connectivity index (χ1n) is 4.44. The van der Waals surface area contributed by atoms with Crippen LogP contribution < -0.4 is 4.74 Å². The Balaban J connectivity index is 3.05. The summed E-state index contributed by atoms with van der Waals surface area (Å²) in [4.78, 5) is 3.38. The molecule has 1 aromatic heterocycles. The maximum absolute atomic E-state index is 12.2. The molecule has 0 atom stereocenters. The maximum atomic E-state index is 12.2. The standard InChI is InChI=1S/C9H6BrF6NO/c1-4-2-5(10)6(17-3-4)18-7(8(11,12)13)9(14,15)16/h2-3,7H,1H3. The van der Waals surface area contributed by atoms with E-state index in [0.29, 0.717) is 5.56 Å². The molecule has 2 nitrogen and oxygen atoms in total. The minimum atomic E-state index is -5.57. The zero-order valence-electron chi connectivity index (χ0n) is 8.73. The quantitative estimate of drug-likeness (QED) is 0.760. The van der Waals surface area contributed by atoms with E-state index in [1.165, 1.54) is 6.07 Å². The Morgan fingerprint density at radius 2 is 1.67 bits per heavy atom. The Morgan fingerprint density at radius 3 is 2.06 bits per heavy atom. The molecule has 18 heavy (non-hydrogen) atoms. The number of aromatic nitrogens is 1. The van der Waals surface area contributed by atoms with Gasteiger partial charge in [0.2, 0.25) is 5.88 Å². The van der Waals surface area contributed by atoms with Crippen molar-refractivity contribution in [2.24, 2.45) is 0 Å². The van der Waals surface area contributed by atoms with E-state index in [1.807, 2.05) is 0 Å². The van der Waals surface area contributed by atoms with E-state index in [2.05, 4.69) is 25.7 Å². The van der Waals surface area contributed by atoms with Gasteiger partial charge in [-0.3, -0.25) is 0 Å². The number of hydrogen-bond donors (Lipinski definition) is 0. The second-order valence-electron chi connectivity index (χ2n) is 3.38. The highest BCUT2D eigenvalue weighted by atomic mass is 79.9. The molecule has 1 rings (SSSR count). The van der Waals surface area contributed by atoms with Gasteiger partial charge in [0.1, 0.15) is 0 Å². The van der Waals surface area contributed by atoms with Gasteiger partial charge in [-0.15, -0.1) is 0 Å².